The van der Waals surface area contributed by atoms with Gasteiger partial charge in [-0.2, -0.15) is 0 Å². The van der Waals surface area contributed by atoms with Crippen molar-refractivity contribution in [1.29, 1.82) is 0 Å². The summed E-state index contributed by atoms with van der Waals surface area (Å²) in [6.45, 7) is 8.24. The smallest absolute Gasteiger partial charge is 0.255 e. The van der Waals surface area contributed by atoms with Gasteiger partial charge in [-0.05, 0) is 55.8 Å². The van der Waals surface area contributed by atoms with Crippen LogP contribution in [0.25, 0.3) is 0 Å². The maximum atomic E-state index is 12.7. The Hall–Kier alpha value is -3.29. The largest absolute Gasteiger partial charge is 0.379 e. The summed E-state index contributed by atoms with van der Waals surface area (Å²) in [5, 5.41) is 6.14. The number of aryl methyl sites for hydroxylation is 2. The number of anilines is 3. The van der Waals surface area contributed by atoms with Gasteiger partial charge in [0.15, 0.2) is 0 Å². The zero-order chi connectivity index (χ0) is 21.6. The lowest BCUT2D eigenvalue weighted by Gasteiger charge is -2.26. The van der Waals surface area contributed by atoms with E-state index in [2.05, 4.69) is 37.6 Å². The van der Waals surface area contributed by atoms with E-state index in [9.17, 15) is 4.79 Å². The predicted octanol–water partition coefficient (Wildman–Crippen LogP) is 3.92. The van der Waals surface area contributed by atoms with Crippen LogP contribution >= 0.6 is 0 Å². The van der Waals surface area contributed by atoms with Crippen LogP contribution in [0.15, 0.2) is 54.6 Å². The molecule has 0 radical (unpaired) electrons. The van der Waals surface area contributed by atoms with E-state index in [1.807, 2.05) is 44.2 Å². The fraction of sp³-hybridized carbons (Fsp3) is 0.292. The number of carbonyl (C=O) groups is 1. The molecule has 1 amide bonds. The van der Waals surface area contributed by atoms with E-state index in [-0.39, 0.29) is 5.91 Å². The Balaban J connectivity index is 1.38. The van der Waals surface area contributed by atoms with E-state index < -0.39 is 0 Å². The maximum absolute atomic E-state index is 12.7. The van der Waals surface area contributed by atoms with Gasteiger partial charge in [-0.15, -0.1) is 0 Å². The first-order valence-electron chi connectivity index (χ1n) is 10.4. The number of hydrogen-bond acceptors (Lipinski definition) is 6. The highest BCUT2D eigenvalue weighted by atomic mass is 16.5. The van der Waals surface area contributed by atoms with Gasteiger partial charge >= 0.3 is 0 Å². The molecule has 160 valence electrons. The van der Waals surface area contributed by atoms with E-state index in [4.69, 9.17) is 4.74 Å². The average molecular weight is 418 g/mol. The number of rotatable bonds is 6. The number of aromatic nitrogens is 2. The van der Waals surface area contributed by atoms with Crippen LogP contribution in [0.4, 0.5) is 17.3 Å². The Morgan fingerprint density at radius 3 is 2.39 bits per heavy atom. The average Bonchev–Trinajstić information content (AvgIpc) is 2.75. The highest BCUT2D eigenvalue weighted by molar-refractivity contribution is 6.04. The van der Waals surface area contributed by atoms with Crippen molar-refractivity contribution >= 4 is 23.2 Å². The number of amides is 1. The van der Waals surface area contributed by atoms with Gasteiger partial charge in [0.25, 0.3) is 5.91 Å². The first kappa shape index (κ1) is 21.0. The normalized spacial score (nSPS) is 14.3. The van der Waals surface area contributed by atoms with Gasteiger partial charge in [0.1, 0.15) is 0 Å². The molecule has 2 N–H and O–H groups in total. The van der Waals surface area contributed by atoms with Crippen molar-refractivity contribution in [3.05, 3.63) is 77.1 Å². The second-order valence-electron chi connectivity index (χ2n) is 7.72. The first-order chi connectivity index (χ1) is 15.0. The van der Waals surface area contributed by atoms with Crippen LogP contribution in [-0.2, 0) is 11.3 Å². The first-order valence-corrected chi connectivity index (χ1v) is 10.4. The number of nitrogens with zero attached hydrogens (tertiary/aromatic N) is 3. The zero-order valence-corrected chi connectivity index (χ0v) is 17.9. The topological polar surface area (TPSA) is 79.4 Å². The summed E-state index contributed by atoms with van der Waals surface area (Å²) in [6, 6.07) is 17.2. The van der Waals surface area contributed by atoms with Crippen LogP contribution in [0.2, 0.25) is 0 Å². The van der Waals surface area contributed by atoms with Crippen LogP contribution in [-0.4, -0.2) is 47.1 Å². The molecule has 0 spiro atoms. The van der Waals surface area contributed by atoms with E-state index in [0.717, 1.165) is 55.6 Å². The van der Waals surface area contributed by atoms with Crippen molar-refractivity contribution in [3.8, 4) is 0 Å². The minimum atomic E-state index is -0.161. The maximum Gasteiger partial charge on any atom is 0.255 e. The van der Waals surface area contributed by atoms with Crippen molar-refractivity contribution < 1.29 is 9.53 Å². The van der Waals surface area contributed by atoms with Gasteiger partial charge in [0.2, 0.25) is 5.95 Å². The number of benzene rings is 2. The Kier molecular flexibility index (Phi) is 6.54. The molecule has 31 heavy (non-hydrogen) atoms. The van der Waals surface area contributed by atoms with Gasteiger partial charge in [0, 0.05) is 48.0 Å². The van der Waals surface area contributed by atoms with Crippen molar-refractivity contribution in [1.82, 2.24) is 14.9 Å². The molecular formula is C24H27N5O2. The molecule has 0 saturated carbocycles. The van der Waals surface area contributed by atoms with Crippen molar-refractivity contribution in [2.24, 2.45) is 0 Å². The van der Waals surface area contributed by atoms with Crippen LogP contribution in [0.5, 0.6) is 0 Å². The molecule has 0 bridgehead atoms. The second kappa shape index (κ2) is 9.68. The fourth-order valence-electron chi connectivity index (χ4n) is 3.56. The van der Waals surface area contributed by atoms with Crippen molar-refractivity contribution in [3.63, 3.8) is 0 Å². The summed E-state index contributed by atoms with van der Waals surface area (Å²) in [5.41, 5.74) is 5.10. The van der Waals surface area contributed by atoms with Crippen LogP contribution in [0, 0.1) is 13.8 Å². The zero-order valence-electron chi connectivity index (χ0n) is 17.9. The Labute approximate surface area is 182 Å². The van der Waals surface area contributed by atoms with E-state index in [0.29, 0.717) is 11.5 Å². The molecular weight excluding hydrogens is 390 g/mol. The Bertz CT molecular complexity index is 1030. The lowest BCUT2D eigenvalue weighted by atomic mass is 10.1. The van der Waals surface area contributed by atoms with Gasteiger partial charge in [-0.25, -0.2) is 9.97 Å². The third-order valence-electron chi connectivity index (χ3n) is 5.08. The summed E-state index contributed by atoms with van der Waals surface area (Å²) in [7, 11) is 0. The molecule has 4 rings (SSSR count). The number of hydrogen-bond donors (Lipinski definition) is 2. The molecule has 2 heterocycles. The van der Waals surface area contributed by atoms with Crippen LogP contribution in [0.3, 0.4) is 0 Å². The minimum absolute atomic E-state index is 0.161. The second-order valence-corrected chi connectivity index (χ2v) is 7.72. The van der Waals surface area contributed by atoms with E-state index in [1.54, 1.807) is 12.1 Å². The molecule has 2 aromatic carbocycles. The molecule has 0 atom stereocenters. The summed E-state index contributed by atoms with van der Waals surface area (Å²) >= 11 is 0. The molecule has 1 aliphatic heterocycles. The third-order valence-corrected chi connectivity index (χ3v) is 5.08. The fourth-order valence-corrected chi connectivity index (χ4v) is 3.56. The van der Waals surface area contributed by atoms with E-state index >= 15 is 0 Å². The monoisotopic (exact) mass is 417 g/mol. The van der Waals surface area contributed by atoms with Gasteiger partial charge in [-0.3, -0.25) is 9.69 Å². The lowest BCUT2D eigenvalue weighted by molar-refractivity contribution is 0.0342. The van der Waals surface area contributed by atoms with Gasteiger partial charge in [0.05, 0.1) is 13.2 Å². The number of ether oxygens (including phenoxy) is 1. The van der Waals surface area contributed by atoms with Gasteiger partial charge in [-0.1, -0.05) is 18.2 Å². The third kappa shape index (κ3) is 5.87. The molecule has 0 aliphatic carbocycles. The molecule has 7 nitrogen and oxygen atoms in total. The summed E-state index contributed by atoms with van der Waals surface area (Å²) in [4.78, 5) is 23.9. The lowest BCUT2D eigenvalue weighted by Crippen LogP contribution is -2.35. The number of carbonyl (C=O) groups excluding carboxylic acids is 1. The molecule has 1 aromatic heterocycles. The number of morpholine rings is 1. The van der Waals surface area contributed by atoms with Gasteiger partial charge < -0.3 is 15.4 Å². The standard InChI is InChI=1S/C24H27N5O2/c1-17-14-18(2)26-24(25-17)28-22-5-3-4-20(15-22)23(30)27-21-8-6-19(7-9-21)16-29-10-12-31-13-11-29/h3-9,14-15H,10-13,16H2,1-2H3,(H,27,30)(H,25,26,28). The highest BCUT2D eigenvalue weighted by Crippen LogP contribution is 2.18. The van der Waals surface area contributed by atoms with Crippen LogP contribution < -0.4 is 10.6 Å². The minimum Gasteiger partial charge on any atom is -0.379 e. The molecule has 1 aliphatic rings. The van der Waals surface area contributed by atoms with Crippen LogP contribution in [0.1, 0.15) is 27.3 Å². The molecule has 1 saturated heterocycles. The van der Waals surface area contributed by atoms with E-state index in [1.165, 1.54) is 5.56 Å². The Morgan fingerprint density at radius 2 is 1.68 bits per heavy atom. The van der Waals surface area contributed by atoms with Crippen molar-refractivity contribution in [2.75, 3.05) is 36.9 Å². The number of nitrogens with one attached hydrogen (secondary N) is 2. The molecule has 1 fully saturated rings. The summed E-state index contributed by atoms with van der Waals surface area (Å²) in [6.07, 6.45) is 0. The highest BCUT2D eigenvalue weighted by Gasteiger charge is 2.11. The predicted molar refractivity (Wildman–Crippen MR) is 122 cm³/mol. The SMILES string of the molecule is Cc1cc(C)nc(Nc2cccc(C(=O)Nc3ccc(CN4CCOCC4)cc3)c2)n1. The molecule has 7 heteroatoms. The van der Waals surface area contributed by atoms with Crippen molar-refractivity contribution in [2.45, 2.75) is 20.4 Å². The molecule has 3 aromatic rings. The summed E-state index contributed by atoms with van der Waals surface area (Å²) < 4.78 is 5.39. The Morgan fingerprint density at radius 1 is 0.968 bits per heavy atom. The summed E-state index contributed by atoms with van der Waals surface area (Å²) in [5.74, 6) is 0.358. The molecule has 0 unspecified atom stereocenters. The quantitative estimate of drug-likeness (QED) is 0.633.